The molecule has 0 amide bonds. The second-order valence-electron chi connectivity index (χ2n) is 7.11. The lowest BCUT2D eigenvalue weighted by Crippen LogP contribution is -2.15. The molecule has 2 aromatic carbocycles. The number of aldehydes is 1. The minimum atomic E-state index is 0.558. The predicted molar refractivity (Wildman–Crippen MR) is 110 cm³/mol. The predicted octanol–water partition coefficient (Wildman–Crippen LogP) is 4.26. The maximum absolute atomic E-state index is 11.2. The molecule has 0 radical (unpaired) electrons. The van der Waals surface area contributed by atoms with E-state index < -0.39 is 0 Å². The number of fused-ring (bicyclic) bond motifs is 2. The number of rotatable bonds is 3. The highest BCUT2D eigenvalue weighted by Gasteiger charge is 2.16. The summed E-state index contributed by atoms with van der Waals surface area (Å²) in [6, 6.07) is 13.9. The molecule has 5 rings (SSSR count). The summed E-state index contributed by atoms with van der Waals surface area (Å²) in [5.74, 6) is 2.17. The highest BCUT2D eigenvalue weighted by atomic mass is 16.6. The summed E-state index contributed by atoms with van der Waals surface area (Å²) in [5, 5.41) is 4.62. The van der Waals surface area contributed by atoms with Crippen LogP contribution in [0, 0.1) is 13.8 Å². The third kappa shape index (κ3) is 2.93. The molecule has 3 heterocycles. The van der Waals surface area contributed by atoms with Crippen LogP contribution in [-0.4, -0.2) is 34.1 Å². The van der Waals surface area contributed by atoms with Crippen LogP contribution in [-0.2, 0) is 0 Å². The van der Waals surface area contributed by atoms with Crippen LogP contribution >= 0.6 is 0 Å². The van der Waals surface area contributed by atoms with Crippen LogP contribution in [0.1, 0.15) is 21.5 Å². The molecule has 0 bridgehead atoms. The van der Waals surface area contributed by atoms with Gasteiger partial charge in [-0.15, -0.1) is 5.10 Å². The molecule has 29 heavy (non-hydrogen) atoms. The maximum Gasteiger partial charge on any atom is 0.182 e. The van der Waals surface area contributed by atoms with E-state index >= 15 is 0 Å². The Labute approximate surface area is 167 Å². The van der Waals surface area contributed by atoms with E-state index in [9.17, 15) is 4.79 Å². The van der Waals surface area contributed by atoms with Gasteiger partial charge in [0.2, 0.25) is 0 Å². The molecule has 144 valence electrons. The first-order valence-electron chi connectivity index (χ1n) is 9.46. The summed E-state index contributed by atoms with van der Waals surface area (Å²) in [6.45, 7) is 5.13. The Morgan fingerprint density at radius 3 is 2.62 bits per heavy atom. The van der Waals surface area contributed by atoms with E-state index in [0.29, 0.717) is 24.6 Å². The van der Waals surface area contributed by atoms with Crippen molar-refractivity contribution in [2.75, 3.05) is 13.2 Å². The second kappa shape index (κ2) is 6.74. The minimum absolute atomic E-state index is 0.558. The van der Waals surface area contributed by atoms with Crippen LogP contribution in [0.3, 0.4) is 0 Å². The minimum Gasteiger partial charge on any atom is -0.486 e. The first-order valence-corrected chi connectivity index (χ1v) is 9.46. The van der Waals surface area contributed by atoms with E-state index in [1.807, 2.05) is 43.3 Å². The first-order chi connectivity index (χ1) is 14.1. The first kappa shape index (κ1) is 17.4. The number of carbonyl (C=O) groups excluding carboxylic acids is 1. The van der Waals surface area contributed by atoms with Crippen molar-refractivity contribution >= 4 is 11.9 Å². The molecular weight excluding hydrogens is 366 g/mol. The summed E-state index contributed by atoms with van der Waals surface area (Å²) >= 11 is 0. The van der Waals surface area contributed by atoms with Crippen LogP contribution in [0.5, 0.6) is 11.5 Å². The van der Waals surface area contributed by atoms with Gasteiger partial charge in [0.1, 0.15) is 13.2 Å². The Hall–Kier alpha value is -3.67. The van der Waals surface area contributed by atoms with Crippen LogP contribution in [0.15, 0.2) is 48.7 Å². The Kier molecular flexibility index (Phi) is 4.05. The van der Waals surface area contributed by atoms with Gasteiger partial charge in [0.05, 0.1) is 0 Å². The normalized spacial score (nSPS) is 12.9. The van der Waals surface area contributed by atoms with Gasteiger partial charge in [-0.1, -0.05) is 24.3 Å². The van der Waals surface area contributed by atoms with E-state index in [1.54, 1.807) is 10.7 Å². The molecule has 1 aliphatic rings. The Morgan fingerprint density at radius 2 is 1.79 bits per heavy atom. The molecule has 0 atom stereocenters. The summed E-state index contributed by atoms with van der Waals surface area (Å²) in [4.78, 5) is 15.9. The van der Waals surface area contributed by atoms with E-state index in [1.165, 1.54) is 0 Å². The standard InChI is InChI=1S/C23H19N3O3/c1-14-10-16(13-27)12-26-23(14)24-22(25-26)19-5-3-4-18(15(19)2)17-6-7-20-21(11-17)29-9-8-28-20/h3-7,10-13H,8-9H2,1-2H3. The molecule has 0 fully saturated rings. The molecule has 6 nitrogen and oxygen atoms in total. The van der Waals surface area contributed by atoms with Gasteiger partial charge in [-0.3, -0.25) is 4.79 Å². The smallest absolute Gasteiger partial charge is 0.182 e. The van der Waals surface area contributed by atoms with Crippen molar-refractivity contribution < 1.29 is 14.3 Å². The van der Waals surface area contributed by atoms with Gasteiger partial charge < -0.3 is 9.47 Å². The topological polar surface area (TPSA) is 65.7 Å². The molecule has 0 N–H and O–H groups in total. The molecule has 0 aliphatic carbocycles. The van der Waals surface area contributed by atoms with Crippen molar-refractivity contribution in [3.63, 3.8) is 0 Å². The molecule has 0 saturated heterocycles. The lowest BCUT2D eigenvalue weighted by atomic mass is 9.96. The zero-order valence-corrected chi connectivity index (χ0v) is 16.2. The van der Waals surface area contributed by atoms with Gasteiger partial charge in [-0.2, -0.15) is 0 Å². The van der Waals surface area contributed by atoms with Crippen molar-refractivity contribution in [3.05, 3.63) is 65.4 Å². The van der Waals surface area contributed by atoms with Crippen molar-refractivity contribution in [2.45, 2.75) is 13.8 Å². The fourth-order valence-corrected chi connectivity index (χ4v) is 3.76. The molecule has 0 unspecified atom stereocenters. The monoisotopic (exact) mass is 385 g/mol. The average Bonchev–Trinajstić information content (AvgIpc) is 3.18. The number of hydrogen-bond donors (Lipinski definition) is 0. The Morgan fingerprint density at radius 1 is 1.00 bits per heavy atom. The fourth-order valence-electron chi connectivity index (χ4n) is 3.76. The highest BCUT2D eigenvalue weighted by molar-refractivity contribution is 5.79. The second-order valence-corrected chi connectivity index (χ2v) is 7.11. The van der Waals surface area contributed by atoms with Crippen molar-refractivity contribution in [1.82, 2.24) is 14.6 Å². The zero-order valence-electron chi connectivity index (χ0n) is 16.2. The lowest BCUT2D eigenvalue weighted by Gasteiger charge is -2.19. The Bertz CT molecular complexity index is 1260. The largest absolute Gasteiger partial charge is 0.486 e. The quantitative estimate of drug-likeness (QED) is 0.493. The number of aromatic nitrogens is 3. The number of hydrogen-bond acceptors (Lipinski definition) is 5. The number of nitrogens with zero attached hydrogens (tertiary/aromatic N) is 3. The van der Waals surface area contributed by atoms with Crippen molar-refractivity contribution in [2.24, 2.45) is 0 Å². The third-order valence-electron chi connectivity index (χ3n) is 5.20. The zero-order chi connectivity index (χ0) is 20.0. The molecule has 2 aromatic heterocycles. The Balaban J connectivity index is 1.62. The third-order valence-corrected chi connectivity index (χ3v) is 5.20. The van der Waals surface area contributed by atoms with Crippen LogP contribution in [0.2, 0.25) is 0 Å². The summed E-state index contributed by atoms with van der Waals surface area (Å²) in [5.41, 5.74) is 6.40. The van der Waals surface area contributed by atoms with E-state index in [0.717, 1.165) is 51.2 Å². The molecular formula is C23H19N3O3. The lowest BCUT2D eigenvalue weighted by molar-refractivity contribution is 0.112. The molecule has 6 heteroatoms. The van der Waals surface area contributed by atoms with E-state index in [-0.39, 0.29) is 0 Å². The number of pyridine rings is 1. The van der Waals surface area contributed by atoms with E-state index in [4.69, 9.17) is 14.5 Å². The number of carbonyl (C=O) groups is 1. The number of benzene rings is 2. The van der Waals surface area contributed by atoms with Gasteiger partial charge in [0.25, 0.3) is 0 Å². The summed E-state index contributed by atoms with van der Waals surface area (Å²) in [6.07, 6.45) is 2.52. The van der Waals surface area contributed by atoms with Crippen LogP contribution in [0.4, 0.5) is 0 Å². The van der Waals surface area contributed by atoms with Gasteiger partial charge >= 0.3 is 0 Å². The van der Waals surface area contributed by atoms with Crippen LogP contribution < -0.4 is 9.47 Å². The average molecular weight is 385 g/mol. The molecule has 1 aliphatic heterocycles. The number of ether oxygens (including phenoxy) is 2. The van der Waals surface area contributed by atoms with Crippen molar-refractivity contribution in [3.8, 4) is 34.0 Å². The fraction of sp³-hybridized carbons (Fsp3) is 0.174. The van der Waals surface area contributed by atoms with Gasteiger partial charge in [-0.05, 0) is 54.3 Å². The number of aryl methyl sites for hydroxylation is 1. The van der Waals surface area contributed by atoms with Gasteiger partial charge in [-0.25, -0.2) is 9.50 Å². The molecule has 0 saturated carbocycles. The summed E-state index contributed by atoms with van der Waals surface area (Å²) < 4.78 is 13.0. The molecule has 0 spiro atoms. The van der Waals surface area contributed by atoms with Crippen LogP contribution in [0.25, 0.3) is 28.2 Å². The molecule has 4 aromatic rings. The SMILES string of the molecule is Cc1c(-c2ccc3c(c2)OCCO3)cccc1-c1nc2c(C)cc(C=O)cn2n1. The van der Waals surface area contributed by atoms with Crippen molar-refractivity contribution in [1.29, 1.82) is 0 Å². The highest BCUT2D eigenvalue weighted by Crippen LogP contribution is 2.37. The van der Waals surface area contributed by atoms with Gasteiger partial charge in [0, 0.05) is 17.3 Å². The summed E-state index contributed by atoms with van der Waals surface area (Å²) in [7, 11) is 0. The maximum atomic E-state index is 11.2. The van der Waals surface area contributed by atoms with E-state index in [2.05, 4.69) is 18.1 Å². The van der Waals surface area contributed by atoms with Gasteiger partial charge in [0.15, 0.2) is 29.3 Å².